The number of hydrogen-bond donors (Lipinski definition) is 2. The molecule has 1 aromatic carbocycles. The minimum Gasteiger partial charge on any atom is -0.504 e. The summed E-state index contributed by atoms with van der Waals surface area (Å²) in [7, 11) is 1.59. The highest BCUT2D eigenvalue weighted by Gasteiger charge is 2.67. The summed E-state index contributed by atoms with van der Waals surface area (Å²) in [4.78, 5) is 24.9. The molecule has 0 heterocycles. The van der Waals surface area contributed by atoms with Crippen LogP contribution in [0, 0.1) is 34.5 Å². The zero-order chi connectivity index (χ0) is 28.1. The number of benzene rings is 1. The third-order valence-corrected chi connectivity index (χ3v) is 13.0. The van der Waals surface area contributed by atoms with Crippen molar-refractivity contribution in [3.8, 4) is 11.5 Å². The average Bonchev–Trinajstić information content (AvgIpc) is 2.84. The summed E-state index contributed by atoms with van der Waals surface area (Å²) in [6.45, 7) is 15.1. The van der Waals surface area contributed by atoms with Crippen LogP contribution in [-0.2, 0) is 15.0 Å². The van der Waals surface area contributed by atoms with E-state index >= 15 is 0 Å². The first-order valence-corrected chi connectivity index (χ1v) is 15.0. The van der Waals surface area contributed by atoms with Crippen molar-refractivity contribution in [2.24, 2.45) is 27.6 Å². The summed E-state index contributed by atoms with van der Waals surface area (Å²) in [6.07, 6.45) is 8.88. The van der Waals surface area contributed by atoms with Crippen LogP contribution in [0.4, 0.5) is 0 Å². The fourth-order valence-electron chi connectivity index (χ4n) is 9.30. The molecule has 7 atom stereocenters. The van der Waals surface area contributed by atoms with Crippen molar-refractivity contribution in [1.82, 2.24) is 0 Å². The molecule has 1 unspecified atom stereocenters. The van der Waals surface area contributed by atoms with E-state index in [4.69, 9.17) is 4.74 Å². The second-order valence-corrected chi connectivity index (χ2v) is 15.3. The maximum Gasteiger partial charge on any atom is 0.309 e. The summed E-state index contributed by atoms with van der Waals surface area (Å²) in [5, 5.41) is 21.0. The molecule has 0 aromatic heterocycles. The van der Waals surface area contributed by atoms with Crippen molar-refractivity contribution in [2.45, 2.75) is 104 Å². The Morgan fingerprint density at radius 1 is 1.03 bits per heavy atom. The number of aliphatic carboxylic acids is 1. The molecule has 3 saturated carbocycles. The Kier molecular flexibility index (Phi) is 6.19. The summed E-state index contributed by atoms with van der Waals surface area (Å²) in [5.41, 5.74) is 3.40. The molecule has 0 radical (unpaired) electrons. The lowest BCUT2D eigenvalue weighted by molar-refractivity contribution is -0.177. The number of rotatable bonds is 3. The SMILES string of the molecule is COc1cc2c(c(C)c1O)C(SC(C)=O)C=C1[C@@]2(C)CC[C@@]2(C)[C@@H]3C[C@](C)(C(=O)O)CC[C@]3(C)CC[C@]12C. The van der Waals surface area contributed by atoms with Gasteiger partial charge in [0.15, 0.2) is 16.6 Å². The molecule has 4 aliphatic carbocycles. The van der Waals surface area contributed by atoms with Crippen molar-refractivity contribution in [3.63, 3.8) is 0 Å². The fourth-order valence-corrected chi connectivity index (χ4v) is 10.3. The minimum absolute atomic E-state index is 0.0541. The fraction of sp³-hybridized carbons (Fsp3) is 0.688. The molecule has 0 bridgehead atoms. The van der Waals surface area contributed by atoms with Gasteiger partial charge in [0.25, 0.3) is 0 Å². The van der Waals surface area contributed by atoms with Gasteiger partial charge in [-0.25, -0.2) is 0 Å². The van der Waals surface area contributed by atoms with E-state index in [0.717, 1.165) is 61.6 Å². The van der Waals surface area contributed by atoms with Gasteiger partial charge in [-0.1, -0.05) is 51.1 Å². The van der Waals surface area contributed by atoms with Gasteiger partial charge in [-0.05, 0) is 104 Å². The molecule has 208 valence electrons. The van der Waals surface area contributed by atoms with E-state index in [2.05, 4.69) is 33.8 Å². The van der Waals surface area contributed by atoms with Crippen molar-refractivity contribution in [3.05, 3.63) is 34.4 Å². The lowest BCUT2D eigenvalue weighted by atomic mass is 9.34. The van der Waals surface area contributed by atoms with Gasteiger partial charge in [0.2, 0.25) is 0 Å². The first-order chi connectivity index (χ1) is 17.6. The first kappa shape index (κ1) is 27.6. The van der Waals surface area contributed by atoms with Crippen LogP contribution in [0.15, 0.2) is 17.7 Å². The number of carboxylic acids is 1. The van der Waals surface area contributed by atoms with Gasteiger partial charge in [-0.15, -0.1) is 0 Å². The molecule has 5 rings (SSSR count). The molecule has 0 saturated heterocycles. The number of phenolic OH excluding ortho intramolecular Hbond substituents is 1. The Bertz CT molecular complexity index is 1250. The Labute approximate surface area is 231 Å². The number of aromatic hydroxyl groups is 1. The van der Waals surface area contributed by atoms with Gasteiger partial charge in [0.05, 0.1) is 17.8 Å². The van der Waals surface area contributed by atoms with E-state index in [-0.39, 0.29) is 37.8 Å². The third kappa shape index (κ3) is 3.50. The van der Waals surface area contributed by atoms with Gasteiger partial charge in [0.1, 0.15) is 0 Å². The largest absolute Gasteiger partial charge is 0.504 e. The van der Waals surface area contributed by atoms with Crippen LogP contribution in [0.25, 0.3) is 0 Å². The quantitative estimate of drug-likeness (QED) is 0.382. The Morgan fingerprint density at radius 2 is 1.68 bits per heavy atom. The summed E-state index contributed by atoms with van der Waals surface area (Å²) < 4.78 is 5.61. The standard InChI is InChI=1S/C32H44O5S/c1-18-25-20(15-21(37-8)26(18)34)30(5)12-14-32(7)24-17-29(4,27(35)36)10-9-28(24,3)11-13-31(32,6)23(30)16-22(25)38-19(2)33/h15-16,22,24,34H,9-14,17H2,1-8H3,(H,35,36)/t22?,24-,28-,29-,30+,31-,32+/m1/s1. The van der Waals surface area contributed by atoms with E-state index < -0.39 is 11.4 Å². The van der Waals surface area contributed by atoms with E-state index in [0.29, 0.717) is 11.7 Å². The third-order valence-electron chi connectivity index (χ3n) is 12.1. The van der Waals surface area contributed by atoms with Gasteiger partial charge < -0.3 is 14.9 Å². The number of allylic oxidation sites excluding steroid dienone is 1. The predicted octanol–water partition coefficient (Wildman–Crippen LogP) is 7.73. The highest BCUT2D eigenvalue weighted by atomic mass is 32.2. The summed E-state index contributed by atoms with van der Waals surface area (Å²) >= 11 is 1.33. The minimum atomic E-state index is -0.686. The second kappa shape index (κ2) is 8.52. The summed E-state index contributed by atoms with van der Waals surface area (Å²) in [6, 6.07) is 2.01. The van der Waals surface area contributed by atoms with Crippen molar-refractivity contribution in [2.75, 3.05) is 7.11 Å². The number of carbonyl (C=O) groups is 2. The molecule has 38 heavy (non-hydrogen) atoms. The number of carbonyl (C=O) groups excluding carboxylic acids is 1. The number of fused-ring (bicyclic) bond motifs is 7. The normalized spacial score (nSPS) is 41.6. The van der Waals surface area contributed by atoms with Crippen molar-refractivity contribution in [1.29, 1.82) is 0 Å². The highest BCUT2D eigenvalue weighted by molar-refractivity contribution is 8.13. The van der Waals surface area contributed by atoms with Gasteiger partial charge >= 0.3 is 5.97 Å². The molecule has 1 aromatic rings. The lowest BCUT2D eigenvalue weighted by Crippen LogP contribution is -2.62. The second-order valence-electron chi connectivity index (χ2n) is 14.0. The van der Waals surface area contributed by atoms with Crippen LogP contribution < -0.4 is 4.74 Å². The number of phenols is 1. The highest BCUT2D eigenvalue weighted by Crippen LogP contribution is 2.75. The molecule has 0 aliphatic heterocycles. The van der Waals surface area contributed by atoms with Crippen molar-refractivity contribution >= 4 is 22.8 Å². The first-order valence-electron chi connectivity index (χ1n) is 14.1. The summed E-state index contributed by atoms with van der Waals surface area (Å²) in [5.74, 6) is 0.276. The Hall–Kier alpha value is -1.95. The van der Waals surface area contributed by atoms with Crippen LogP contribution in [0.5, 0.6) is 11.5 Å². The Morgan fingerprint density at radius 3 is 2.29 bits per heavy atom. The zero-order valence-corrected chi connectivity index (χ0v) is 25.1. The molecular formula is C32H44O5S. The molecule has 0 spiro atoms. The molecule has 4 aliphatic rings. The number of thioether (sulfide) groups is 1. The van der Waals surface area contributed by atoms with Crippen LogP contribution in [0.1, 0.15) is 108 Å². The molecule has 2 N–H and O–H groups in total. The molecule has 3 fully saturated rings. The van der Waals surface area contributed by atoms with Gasteiger partial charge in [-0.3, -0.25) is 9.59 Å². The molecule has 5 nitrogen and oxygen atoms in total. The van der Waals surface area contributed by atoms with E-state index in [1.165, 1.54) is 17.3 Å². The molecular weight excluding hydrogens is 496 g/mol. The monoisotopic (exact) mass is 540 g/mol. The van der Waals surface area contributed by atoms with E-state index in [1.54, 1.807) is 14.0 Å². The number of carboxylic acid groups (broad SMARTS) is 1. The molecule has 6 heteroatoms. The number of ether oxygens (including phenoxy) is 1. The van der Waals surface area contributed by atoms with Crippen LogP contribution in [-0.4, -0.2) is 28.4 Å². The topological polar surface area (TPSA) is 83.8 Å². The number of methoxy groups -OCH3 is 1. The molecule has 0 amide bonds. The zero-order valence-electron chi connectivity index (χ0n) is 24.3. The van der Waals surface area contributed by atoms with Crippen LogP contribution >= 0.6 is 11.8 Å². The smallest absolute Gasteiger partial charge is 0.309 e. The Balaban J connectivity index is 1.70. The maximum atomic E-state index is 12.5. The van der Waals surface area contributed by atoms with Crippen LogP contribution in [0.3, 0.4) is 0 Å². The van der Waals surface area contributed by atoms with E-state index in [1.807, 2.05) is 19.9 Å². The number of hydrogen-bond acceptors (Lipinski definition) is 5. The van der Waals surface area contributed by atoms with Gasteiger partial charge in [-0.2, -0.15) is 0 Å². The van der Waals surface area contributed by atoms with E-state index in [9.17, 15) is 19.8 Å². The van der Waals surface area contributed by atoms with Crippen LogP contribution in [0.2, 0.25) is 0 Å². The van der Waals surface area contributed by atoms with Crippen molar-refractivity contribution < 1.29 is 24.5 Å². The predicted molar refractivity (Wildman–Crippen MR) is 152 cm³/mol. The average molecular weight is 541 g/mol. The van der Waals surface area contributed by atoms with Gasteiger partial charge in [0, 0.05) is 12.3 Å². The lowest BCUT2D eigenvalue weighted by Gasteiger charge is -2.70. The maximum absolute atomic E-state index is 12.5.